The molecule has 2 N–H and O–H groups in total. The summed E-state index contributed by atoms with van der Waals surface area (Å²) in [5.74, 6) is 0.440. The molecule has 30 heavy (non-hydrogen) atoms. The molecule has 2 aromatic rings. The molecule has 4 rings (SSSR count). The van der Waals surface area contributed by atoms with Gasteiger partial charge < -0.3 is 15.6 Å². The van der Waals surface area contributed by atoms with Crippen molar-refractivity contribution in [1.82, 2.24) is 10.2 Å². The summed E-state index contributed by atoms with van der Waals surface area (Å²) >= 11 is 1.81. The molecule has 1 amide bonds. The van der Waals surface area contributed by atoms with Crippen molar-refractivity contribution in [2.24, 2.45) is 5.92 Å². The normalized spacial score (nSPS) is 18.7. The molecule has 1 atom stereocenters. The van der Waals surface area contributed by atoms with Crippen molar-refractivity contribution in [1.29, 1.82) is 5.41 Å². The number of rotatable bonds is 7. The SMILES string of the molecule is C=CC(=O)N1Cc2sc(CC)cc2[C@H](c2ccccc2/C(=C/NC)C(=N)C2CC2)C1. The summed E-state index contributed by atoms with van der Waals surface area (Å²) in [5.41, 5.74) is 5.30. The smallest absolute Gasteiger partial charge is 0.246 e. The minimum atomic E-state index is -0.0220. The van der Waals surface area contributed by atoms with Gasteiger partial charge in [-0.2, -0.15) is 0 Å². The Bertz CT molecular complexity index is 1020. The van der Waals surface area contributed by atoms with Gasteiger partial charge in [0, 0.05) is 52.7 Å². The van der Waals surface area contributed by atoms with Gasteiger partial charge in [0.25, 0.3) is 0 Å². The van der Waals surface area contributed by atoms with E-state index >= 15 is 0 Å². The minimum absolute atomic E-state index is 0.0220. The first-order chi connectivity index (χ1) is 14.6. The molecule has 4 nitrogen and oxygen atoms in total. The van der Waals surface area contributed by atoms with Crippen molar-refractivity contribution in [3.05, 3.63) is 75.6 Å². The Morgan fingerprint density at radius 2 is 2.10 bits per heavy atom. The van der Waals surface area contributed by atoms with E-state index in [0.29, 0.717) is 24.7 Å². The van der Waals surface area contributed by atoms with Gasteiger partial charge in [0.2, 0.25) is 5.91 Å². The molecule has 1 aliphatic carbocycles. The zero-order chi connectivity index (χ0) is 21.3. The fourth-order valence-corrected chi connectivity index (χ4v) is 5.48. The van der Waals surface area contributed by atoms with Gasteiger partial charge in [-0.1, -0.05) is 37.8 Å². The highest BCUT2D eigenvalue weighted by Crippen LogP contribution is 2.42. The molecule has 0 bridgehead atoms. The summed E-state index contributed by atoms with van der Waals surface area (Å²) in [7, 11) is 1.89. The average molecular weight is 420 g/mol. The standard InChI is InChI=1S/C25H29N3OS/c1-4-17-12-20-22(14-28(24(29)5-2)15-23(20)30-17)19-9-7-6-8-18(19)21(13-27-3)25(26)16-10-11-16/h5-9,12-13,16,22,26-27H,2,4,10-11,14-15H2,1,3H3/b21-13-,26-25?/t22-/m0/s1. The topological polar surface area (TPSA) is 56.2 Å². The van der Waals surface area contributed by atoms with Crippen LogP contribution in [-0.4, -0.2) is 30.1 Å². The number of benzene rings is 1. The summed E-state index contributed by atoms with van der Waals surface area (Å²) in [4.78, 5) is 17.0. The van der Waals surface area contributed by atoms with E-state index in [4.69, 9.17) is 5.41 Å². The Hall–Kier alpha value is -2.66. The van der Waals surface area contributed by atoms with Gasteiger partial charge in [-0.25, -0.2) is 0 Å². The molecule has 2 heterocycles. The molecule has 0 saturated heterocycles. The summed E-state index contributed by atoms with van der Waals surface area (Å²) in [6.07, 6.45) is 6.57. The molecule has 1 saturated carbocycles. The lowest BCUT2D eigenvalue weighted by Gasteiger charge is -2.33. The largest absolute Gasteiger partial charge is 0.393 e. The van der Waals surface area contributed by atoms with Gasteiger partial charge in [0.15, 0.2) is 0 Å². The summed E-state index contributed by atoms with van der Waals surface area (Å²) < 4.78 is 0. The van der Waals surface area contributed by atoms with Crippen molar-refractivity contribution >= 4 is 28.5 Å². The van der Waals surface area contributed by atoms with Crippen LogP contribution in [0.5, 0.6) is 0 Å². The van der Waals surface area contributed by atoms with Crippen LogP contribution >= 0.6 is 11.3 Å². The number of nitrogens with one attached hydrogen (secondary N) is 2. The van der Waals surface area contributed by atoms with Crippen LogP contribution in [0.4, 0.5) is 0 Å². The zero-order valence-corrected chi connectivity index (χ0v) is 18.5. The quantitative estimate of drug-likeness (QED) is 0.492. The maximum Gasteiger partial charge on any atom is 0.246 e. The number of aryl methyl sites for hydroxylation is 1. The maximum atomic E-state index is 12.5. The molecular formula is C25H29N3OS. The molecule has 5 heteroatoms. The summed E-state index contributed by atoms with van der Waals surface area (Å²) in [5, 5.41) is 11.9. The highest BCUT2D eigenvalue weighted by atomic mass is 32.1. The molecule has 0 radical (unpaired) electrons. The van der Waals surface area contributed by atoms with Crippen molar-refractivity contribution in [3.8, 4) is 0 Å². The molecule has 1 aromatic carbocycles. The summed E-state index contributed by atoms with van der Waals surface area (Å²) in [6, 6.07) is 10.7. The number of carbonyl (C=O) groups excluding carboxylic acids is 1. The molecule has 156 valence electrons. The number of hydrogen-bond donors (Lipinski definition) is 2. The van der Waals surface area contributed by atoms with E-state index in [1.807, 2.05) is 35.6 Å². The first-order valence-corrected chi connectivity index (χ1v) is 11.5. The number of amides is 1. The highest BCUT2D eigenvalue weighted by molar-refractivity contribution is 7.12. The number of fused-ring (bicyclic) bond motifs is 1. The van der Waals surface area contributed by atoms with E-state index in [2.05, 4.69) is 43.1 Å². The Balaban J connectivity index is 1.82. The second kappa shape index (κ2) is 8.60. The molecule has 1 aromatic heterocycles. The van der Waals surface area contributed by atoms with Crippen molar-refractivity contribution in [2.45, 2.75) is 38.6 Å². The van der Waals surface area contributed by atoms with E-state index in [1.54, 1.807) is 0 Å². The van der Waals surface area contributed by atoms with Gasteiger partial charge in [0.1, 0.15) is 0 Å². The Morgan fingerprint density at radius 3 is 2.77 bits per heavy atom. The summed E-state index contributed by atoms with van der Waals surface area (Å²) in [6.45, 7) is 7.17. The molecule has 0 spiro atoms. The Kier molecular flexibility index (Phi) is 5.91. The van der Waals surface area contributed by atoms with Gasteiger partial charge in [-0.05, 0) is 48.1 Å². The fourth-order valence-electron chi connectivity index (χ4n) is 4.30. The number of allylic oxidation sites excluding steroid dienone is 1. The van der Waals surface area contributed by atoms with Crippen LogP contribution in [0.15, 0.2) is 49.2 Å². The van der Waals surface area contributed by atoms with E-state index < -0.39 is 0 Å². The van der Waals surface area contributed by atoms with Crippen molar-refractivity contribution in [2.75, 3.05) is 13.6 Å². The van der Waals surface area contributed by atoms with E-state index in [-0.39, 0.29) is 11.8 Å². The average Bonchev–Trinajstić information content (AvgIpc) is 3.54. The van der Waals surface area contributed by atoms with Crippen LogP contribution in [0.2, 0.25) is 0 Å². The Labute approximate surface area is 182 Å². The minimum Gasteiger partial charge on any atom is -0.393 e. The monoisotopic (exact) mass is 419 g/mol. The third-order valence-corrected chi connectivity index (χ3v) is 7.31. The van der Waals surface area contributed by atoms with Crippen molar-refractivity contribution < 1.29 is 4.79 Å². The number of nitrogens with zero attached hydrogens (tertiary/aromatic N) is 1. The molecule has 0 unspecified atom stereocenters. The lowest BCUT2D eigenvalue weighted by atomic mass is 9.82. The van der Waals surface area contributed by atoms with Crippen molar-refractivity contribution in [3.63, 3.8) is 0 Å². The van der Waals surface area contributed by atoms with Gasteiger partial charge in [-0.3, -0.25) is 4.79 Å². The fraction of sp³-hybridized carbons (Fsp3) is 0.360. The lowest BCUT2D eigenvalue weighted by Crippen LogP contribution is -2.37. The third-order valence-electron chi connectivity index (χ3n) is 6.03. The lowest BCUT2D eigenvalue weighted by molar-refractivity contribution is -0.127. The van der Waals surface area contributed by atoms with E-state index in [9.17, 15) is 4.79 Å². The number of hydrogen-bond acceptors (Lipinski definition) is 4. The maximum absolute atomic E-state index is 12.5. The van der Waals surface area contributed by atoms with Crippen LogP contribution in [0, 0.1) is 11.3 Å². The van der Waals surface area contributed by atoms with Crippen LogP contribution < -0.4 is 5.32 Å². The second-order valence-electron chi connectivity index (χ2n) is 8.04. The van der Waals surface area contributed by atoms with Gasteiger partial charge >= 0.3 is 0 Å². The highest BCUT2D eigenvalue weighted by Gasteiger charge is 2.34. The van der Waals surface area contributed by atoms with Gasteiger partial charge in [0.05, 0.1) is 6.54 Å². The first kappa shape index (κ1) is 20.6. The Morgan fingerprint density at radius 1 is 1.33 bits per heavy atom. The predicted octanol–water partition coefficient (Wildman–Crippen LogP) is 4.96. The van der Waals surface area contributed by atoms with Crippen LogP contribution in [0.3, 0.4) is 0 Å². The second-order valence-corrected chi connectivity index (χ2v) is 9.26. The van der Waals surface area contributed by atoms with E-state index in [1.165, 1.54) is 27.0 Å². The predicted molar refractivity (Wildman–Crippen MR) is 125 cm³/mol. The molecule has 1 fully saturated rings. The first-order valence-electron chi connectivity index (χ1n) is 10.7. The molecular weight excluding hydrogens is 390 g/mol. The molecule has 1 aliphatic heterocycles. The number of carbonyl (C=O) groups is 1. The van der Waals surface area contributed by atoms with Crippen LogP contribution in [-0.2, 0) is 17.8 Å². The van der Waals surface area contributed by atoms with Crippen LogP contribution in [0.25, 0.3) is 5.57 Å². The number of thiophene rings is 1. The molecule has 2 aliphatic rings. The van der Waals surface area contributed by atoms with Gasteiger partial charge in [-0.15, -0.1) is 11.3 Å². The third kappa shape index (κ3) is 3.86. The zero-order valence-electron chi connectivity index (χ0n) is 17.7. The van der Waals surface area contributed by atoms with E-state index in [0.717, 1.165) is 30.4 Å². The van der Waals surface area contributed by atoms with Crippen LogP contribution in [0.1, 0.15) is 52.1 Å².